The van der Waals surface area contributed by atoms with Gasteiger partial charge in [0.1, 0.15) is 11.5 Å². The van der Waals surface area contributed by atoms with E-state index in [1.165, 1.54) is 0 Å². The number of phenolic OH excluding ortho intramolecular Hbond substituents is 2. The van der Waals surface area contributed by atoms with E-state index in [0.717, 1.165) is 24.8 Å². The molecule has 3 heteroatoms. The minimum Gasteiger partial charge on any atom is -0.508 e. The third-order valence-electron chi connectivity index (χ3n) is 2.99. The number of hydrogen-bond acceptors (Lipinski definition) is 3. The predicted octanol–water partition coefficient (Wildman–Crippen LogP) is 2.32. The summed E-state index contributed by atoms with van der Waals surface area (Å²) in [5.41, 5.74) is 1.59. The Hall–Kier alpha value is -1.51. The molecule has 0 unspecified atom stereocenters. The maximum absolute atomic E-state index is 11.7. The van der Waals surface area contributed by atoms with Gasteiger partial charge in [-0.2, -0.15) is 0 Å². The topological polar surface area (TPSA) is 57.5 Å². The second-order valence-electron chi connectivity index (χ2n) is 4.03. The summed E-state index contributed by atoms with van der Waals surface area (Å²) >= 11 is 0. The Kier molecular flexibility index (Phi) is 2.39. The molecule has 0 heterocycles. The van der Waals surface area contributed by atoms with Crippen LogP contribution in [0.15, 0.2) is 6.07 Å². The average Bonchev–Trinajstić information content (AvgIpc) is 2.37. The van der Waals surface area contributed by atoms with Gasteiger partial charge in [0, 0.05) is 12.0 Å². The van der Waals surface area contributed by atoms with E-state index in [1.54, 1.807) is 13.0 Å². The molecular formula is C12H14O3. The number of benzene rings is 1. The average molecular weight is 206 g/mol. The molecule has 0 amide bonds. The molecule has 1 aromatic carbocycles. The maximum Gasteiger partial charge on any atom is 0.166 e. The summed E-state index contributed by atoms with van der Waals surface area (Å²) in [7, 11) is 0. The van der Waals surface area contributed by atoms with Gasteiger partial charge in [-0.05, 0) is 37.8 Å². The molecule has 1 aromatic rings. The first-order valence-corrected chi connectivity index (χ1v) is 5.19. The Balaban J connectivity index is 2.66. The molecule has 80 valence electrons. The number of carbonyl (C=O) groups excluding carboxylic acids is 1. The van der Waals surface area contributed by atoms with Crippen molar-refractivity contribution in [2.24, 2.45) is 0 Å². The molecule has 0 aliphatic heterocycles. The number of hydrogen-bond donors (Lipinski definition) is 2. The quantitative estimate of drug-likeness (QED) is 0.640. The molecule has 0 bridgehead atoms. The molecule has 0 radical (unpaired) electrons. The summed E-state index contributed by atoms with van der Waals surface area (Å²) in [5, 5.41) is 19.4. The van der Waals surface area contributed by atoms with Gasteiger partial charge in [-0.15, -0.1) is 0 Å². The van der Waals surface area contributed by atoms with E-state index in [0.29, 0.717) is 17.5 Å². The lowest BCUT2D eigenvalue weighted by molar-refractivity contribution is 0.0979. The first kappa shape index (κ1) is 10.0. The monoisotopic (exact) mass is 206 g/mol. The fraction of sp³-hybridized carbons (Fsp3) is 0.417. The Morgan fingerprint density at radius 1 is 1.20 bits per heavy atom. The highest BCUT2D eigenvalue weighted by molar-refractivity contribution is 6.01. The fourth-order valence-electron chi connectivity index (χ4n) is 2.04. The Morgan fingerprint density at radius 2 is 1.87 bits per heavy atom. The maximum atomic E-state index is 11.7. The molecule has 0 aromatic heterocycles. The molecule has 1 aliphatic rings. The van der Waals surface area contributed by atoms with Crippen LogP contribution in [0.25, 0.3) is 0 Å². The van der Waals surface area contributed by atoms with Crippen molar-refractivity contribution in [1.82, 2.24) is 0 Å². The van der Waals surface area contributed by atoms with Gasteiger partial charge in [-0.1, -0.05) is 0 Å². The lowest BCUT2D eigenvalue weighted by Crippen LogP contribution is -2.02. The van der Waals surface area contributed by atoms with E-state index >= 15 is 0 Å². The molecule has 2 rings (SSSR count). The molecule has 0 atom stereocenters. The van der Waals surface area contributed by atoms with Crippen molar-refractivity contribution >= 4 is 5.78 Å². The molecule has 0 spiro atoms. The van der Waals surface area contributed by atoms with Crippen LogP contribution in [-0.2, 0) is 6.42 Å². The first-order chi connectivity index (χ1) is 7.11. The van der Waals surface area contributed by atoms with Crippen molar-refractivity contribution in [3.8, 4) is 11.5 Å². The van der Waals surface area contributed by atoms with Crippen LogP contribution in [-0.4, -0.2) is 16.0 Å². The second kappa shape index (κ2) is 3.57. The van der Waals surface area contributed by atoms with Gasteiger partial charge < -0.3 is 10.2 Å². The molecule has 0 saturated heterocycles. The van der Waals surface area contributed by atoms with Crippen molar-refractivity contribution in [3.05, 3.63) is 22.8 Å². The van der Waals surface area contributed by atoms with Gasteiger partial charge in [-0.3, -0.25) is 4.79 Å². The van der Waals surface area contributed by atoms with Crippen LogP contribution in [0, 0.1) is 6.92 Å². The molecule has 3 nitrogen and oxygen atoms in total. The SMILES string of the molecule is Cc1c(O)cc2c(c1O)C(=O)CCCC2. The second-order valence-corrected chi connectivity index (χ2v) is 4.03. The van der Waals surface area contributed by atoms with Crippen LogP contribution in [0.4, 0.5) is 0 Å². The van der Waals surface area contributed by atoms with Gasteiger partial charge in [0.25, 0.3) is 0 Å². The van der Waals surface area contributed by atoms with Crippen molar-refractivity contribution < 1.29 is 15.0 Å². The van der Waals surface area contributed by atoms with Crippen molar-refractivity contribution in [2.45, 2.75) is 32.6 Å². The molecule has 0 fully saturated rings. The van der Waals surface area contributed by atoms with Gasteiger partial charge in [-0.25, -0.2) is 0 Å². The third kappa shape index (κ3) is 1.58. The summed E-state index contributed by atoms with van der Waals surface area (Å²) in [5.74, 6) is 0.0148. The normalized spacial score (nSPS) is 15.9. The number of Topliss-reactive ketones (excluding diaryl/α,β-unsaturated/α-hetero) is 1. The first-order valence-electron chi connectivity index (χ1n) is 5.19. The van der Waals surface area contributed by atoms with Gasteiger partial charge in [0.15, 0.2) is 5.78 Å². The summed E-state index contributed by atoms with van der Waals surface area (Å²) in [6, 6.07) is 1.60. The minimum absolute atomic E-state index is 0.0110. The van der Waals surface area contributed by atoms with Crippen LogP contribution in [0.5, 0.6) is 11.5 Å². The van der Waals surface area contributed by atoms with Crippen molar-refractivity contribution in [1.29, 1.82) is 0 Å². The fourth-order valence-corrected chi connectivity index (χ4v) is 2.04. The Morgan fingerprint density at radius 3 is 2.60 bits per heavy atom. The summed E-state index contributed by atoms with van der Waals surface area (Å²) in [6.45, 7) is 1.61. The zero-order valence-corrected chi connectivity index (χ0v) is 8.71. The number of ketones is 1. The van der Waals surface area contributed by atoms with Crippen LogP contribution in [0.3, 0.4) is 0 Å². The minimum atomic E-state index is -0.0445. The largest absolute Gasteiger partial charge is 0.508 e. The van der Waals surface area contributed by atoms with Gasteiger partial charge >= 0.3 is 0 Å². The zero-order valence-electron chi connectivity index (χ0n) is 8.71. The van der Waals surface area contributed by atoms with Gasteiger partial charge in [0.2, 0.25) is 0 Å². The van der Waals surface area contributed by atoms with E-state index in [2.05, 4.69) is 0 Å². The number of aryl methyl sites for hydroxylation is 1. The number of phenols is 2. The van der Waals surface area contributed by atoms with E-state index in [1.807, 2.05) is 0 Å². The van der Waals surface area contributed by atoms with Crippen LogP contribution < -0.4 is 0 Å². The lowest BCUT2D eigenvalue weighted by atomic mass is 9.97. The zero-order chi connectivity index (χ0) is 11.0. The van der Waals surface area contributed by atoms with Crippen molar-refractivity contribution in [2.75, 3.05) is 0 Å². The van der Waals surface area contributed by atoms with Crippen LogP contribution in [0.2, 0.25) is 0 Å². The third-order valence-corrected chi connectivity index (χ3v) is 2.99. The highest BCUT2D eigenvalue weighted by atomic mass is 16.3. The molecular weight excluding hydrogens is 192 g/mol. The van der Waals surface area contributed by atoms with Crippen LogP contribution in [0.1, 0.15) is 40.7 Å². The Labute approximate surface area is 88.4 Å². The molecule has 0 saturated carbocycles. The number of aromatic hydroxyl groups is 2. The van der Waals surface area contributed by atoms with E-state index in [9.17, 15) is 15.0 Å². The lowest BCUT2D eigenvalue weighted by Gasteiger charge is -2.11. The number of fused-ring (bicyclic) bond motifs is 1. The summed E-state index contributed by atoms with van der Waals surface area (Å²) < 4.78 is 0. The molecule has 1 aliphatic carbocycles. The summed E-state index contributed by atoms with van der Waals surface area (Å²) in [4.78, 5) is 11.7. The Bertz CT molecular complexity index is 421. The smallest absolute Gasteiger partial charge is 0.166 e. The van der Waals surface area contributed by atoms with E-state index in [-0.39, 0.29) is 17.3 Å². The standard InChI is InChI=1S/C12H14O3/c1-7-10(14)6-8-4-2-3-5-9(13)11(8)12(7)15/h6,14-15H,2-5H2,1H3. The molecule has 15 heavy (non-hydrogen) atoms. The van der Waals surface area contributed by atoms with Gasteiger partial charge in [0.05, 0.1) is 5.56 Å². The highest BCUT2D eigenvalue weighted by Crippen LogP contribution is 2.36. The van der Waals surface area contributed by atoms with Crippen molar-refractivity contribution in [3.63, 3.8) is 0 Å². The van der Waals surface area contributed by atoms with E-state index < -0.39 is 0 Å². The summed E-state index contributed by atoms with van der Waals surface area (Å²) in [6.07, 6.45) is 3.03. The molecule has 2 N–H and O–H groups in total. The van der Waals surface area contributed by atoms with Crippen LogP contribution >= 0.6 is 0 Å². The predicted molar refractivity (Wildman–Crippen MR) is 56.4 cm³/mol. The highest BCUT2D eigenvalue weighted by Gasteiger charge is 2.22. The van der Waals surface area contributed by atoms with E-state index in [4.69, 9.17) is 0 Å². The number of carbonyl (C=O) groups is 1. The number of rotatable bonds is 0.